The molecule has 7 heteroatoms. The van der Waals surface area contributed by atoms with Crippen molar-refractivity contribution in [3.63, 3.8) is 0 Å². The number of amides is 2. The minimum absolute atomic E-state index is 0.0946. The molecular weight excluding hydrogens is 402 g/mol. The van der Waals surface area contributed by atoms with Crippen LogP contribution in [0.2, 0.25) is 5.02 Å². The number of pyridine rings is 1. The SMILES string of the molecule is CC(C)(C)C1CC(=Cc2cccc(NC(=O)c3ccc(Cl)cc3)n2)CCN1C(=O)O. The number of nitrogens with one attached hydrogen (secondary N) is 1. The van der Waals surface area contributed by atoms with Gasteiger partial charge in [0.15, 0.2) is 0 Å². The topological polar surface area (TPSA) is 82.5 Å². The van der Waals surface area contributed by atoms with Gasteiger partial charge in [-0.05, 0) is 60.7 Å². The molecule has 0 bridgehead atoms. The number of hydrogen-bond acceptors (Lipinski definition) is 3. The van der Waals surface area contributed by atoms with Crippen LogP contribution in [0.3, 0.4) is 0 Å². The Morgan fingerprint density at radius 3 is 2.53 bits per heavy atom. The van der Waals surface area contributed by atoms with Crippen LogP contribution in [0.4, 0.5) is 10.6 Å². The van der Waals surface area contributed by atoms with Gasteiger partial charge in [-0.2, -0.15) is 0 Å². The quantitative estimate of drug-likeness (QED) is 0.671. The second-order valence-corrected chi connectivity index (χ2v) is 8.96. The zero-order valence-electron chi connectivity index (χ0n) is 17.4. The number of benzene rings is 1. The second-order valence-electron chi connectivity index (χ2n) is 8.52. The highest BCUT2D eigenvalue weighted by molar-refractivity contribution is 6.30. The highest BCUT2D eigenvalue weighted by Gasteiger charge is 2.36. The Morgan fingerprint density at radius 1 is 1.20 bits per heavy atom. The standard InChI is InChI=1S/C23H26ClN3O3/c1-23(2,3)19-14-15(11-12-27(19)22(29)30)13-18-5-4-6-20(25-18)26-21(28)16-7-9-17(24)10-8-16/h4-10,13,19H,11-12,14H2,1-3H3,(H,29,30)(H,25,26,28). The lowest BCUT2D eigenvalue weighted by Crippen LogP contribution is -2.50. The molecule has 0 saturated carbocycles. The number of anilines is 1. The van der Waals surface area contributed by atoms with Gasteiger partial charge in [0.1, 0.15) is 5.82 Å². The van der Waals surface area contributed by atoms with Crippen LogP contribution in [0.1, 0.15) is 49.7 Å². The highest BCUT2D eigenvalue weighted by atomic mass is 35.5. The number of carbonyl (C=O) groups is 2. The van der Waals surface area contributed by atoms with Gasteiger partial charge < -0.3 is 15.3 Å². The van der Waals surface area contributed by atoms with E-state index in [1.165, 1.54) is 4.90 Å². The van der Waals surface area contributed by atoms with E-state index in [0.29, 0.717) is 35.8 Å². The minimum atomic E-state index is -0.876. The first-order chi connectivity index (χ1) is 14.1. The maximum atomic E-state index is 12.4. The summed E-state index contributed by atoms with van der Waals surface area (Å²) in [7, 11) is 0. The fraction of sp³-hybridized carbons (Fsp3) is 0.348. The summed E-state index contributed by atoms with van der Waals surface area (Å²) in [6, 6.07) is 12.0. The molecule has 2 heterocycles. The Hall–Kier alpha value is -2.86. The third-order valence-electron chi connectivity index (χ3n) is 5.22. The first-order valence-electron chi connectivity index (χ1n) is 9.86. The fourth-order valence-corrected chi connectivity index (χ4v) is 3.74. The van der Waals surface area contributed by atoms with E-state index in [-0.39, 0.29) is 17.4 Å². The first kappa shape index (κ1) is 21.8. The molecule has 1 atom stereocenters. The number of likely N-dealkylation sites (tertiary alicyclic amines) is 1. The minimum Gasteiger partial charge on any atom is -0.465 e. The fourth-order valence-electron chi connectivity index (χ4n) is 3.61. The van der Waals surface area contributed by atoms with Gasteiger partial charge in [0, 0.05) is 23.2 Å². The number of carbonyl (C=O) groups excluding carboxylic acids is 1. The van der Waals surface area contributed by atoms with Gasteiger partial charge in [0.05, 0.1) is 5.69 Å². The molecule has 1 saturated heterocycles. The predicted octanol–water partition coefficient (Wildman–Crippen LogP) is 5.56. The van der Waals surface area contributed by atoms with Gasteiger partial charge in [0.2, 0.25) is 0 Å². The molecule has 1 aromatic carbocycles. The second kappa shape index (κ2) is 8.88. The molecule has 2 N–H and O–H groups in total. The molecule has 2 aromatic rings. The highest BCUT2D eigenvalue weighted by Crippen LogP contribution is 2.35. The number of halogens is 1. The summed E-state index contributed by atoms with van der Waals surface area (Å²) >= 11 is 5.87. The predicted molar refractivity (Wildman–Crippen MR) is 119 cm³/mol. The van der Waals surface area contributed by atoms with Gasteiger partial charge in [-0.25, -0.2) is 9.78 Å². The summed E-state index contributed by atoms with van der Waals surface area (Å²) in [6.07, 6.45) is 2.45. The van der Waals surface area contributed by atoms with E-state index in [0.717, 1.165) is 11.3 Å². The summed E-state index contributed by atoms with van der Waals surface area (Å²) in [5.74, 6) is 0.200. The molecule has 0 radical (unpaired) electrons. The largest absolute Gasteiger partial charge is 0.465 e. The van der Waals surface area contributed by atoms with Gasteiger partial charge >= 0.3 is 6.09 Å². The Balaban J connectivity index is 1.75. The van der Waals surface area contributed by atoms with Crippen LogP contribution in [0, 0.1) is 5.41 Å². The van der Waals surface area contributed by atoms with Crippen molar-refractivity contribution in [2.24, 2.45) is 5.41 Å². The third kappa shape index (κ3) is 5.39. The number of rotatable bonds is 3. The number of aromatic nitrogens is 1. The molecule has 1 unspecified atom stereocenters. The lowest BCUT2D eigenvalue weighted by atomic mass is 9.79. The van der Waals surface area contributed by atoms with Crippen LogP contribution in [0.15, 0.2) is 48.0 Å². The van der Waals surface area contributed by atoms with Crippen molar-refractivity contribution in [3.8, 4) is 0 Å². The Kier molecular flexibility index (Phi) is 6.46. The summed E-state index contributed by atoms with van der Waals surface area (Å²) in [4.78, 5) is 30.1. The zero-order valence-corrected chi connectivity index (χ0v) is 18.1. The molecule has 1 aliphatic heterocycles. The monoisotopic (exact) mass is 427 g/mol. The Labute approximate surface area is 181 Å². The third-order valence-corrected chi connectivity index (χ3v) is 5.47. The lowest BCUT2D eigenvalue weighted by Gasteiger charge is -2.42. The van der Waals surface area contributed by atoms with Crippen molar-refractivity contribution in [1.82, 2.24) is 9.88 Å². The van der Waals surface area contributed by atoms with Crippen LogP contribution < -0.4 is 5.32 Å². The van der Waals surface area contributed by atoms with E-state index >= 15 is 0 Å². The number of nitrogens with zero attached hydrogens (tertiary/aromatic N) is 2. The first-order valence-corrected chi connectivity index (χ1v) is 10.2. The van der Waals surface area contributed by atoms with Crippen molar-refractivity contribution >= 4 is 35.5 Å². The van der Waals surface area contributed by atoms with Gasteiger partial charge in [-0.15, -0.1) is 0 Å². The van der Waals surface area contributed by atoms with Gasteiger partial charge in [-0.3, -0.25) is 4.79 Å². The molecule has 0 aliphatic carbocycles. The average Bonchev–Trinajstić information content (AvgIpc) is 2.68. The molecule has 3 rings (SSSR count). The number of piperidine rings is 1. The van der Waals surface area contributed by atoms with E-state index in [1.807, 2.05) is 18.2 Å². The van der Waals surface area contributed by atoms with E-state index in [1.54, 1.807) is 30.3 Å². The van der Waals surface area contributed by atoms with Crippen LogP contribution in [0.25, 0.3) is 6.08 Å². The van der Waals surface area contributed by atoms with Crippen LogP contribution in [-0.2, 0) is 0 Å². The molecule has 158 valence electrons. The van der Waals surface area contributed by atoms with Crippen molar-refractivity contribution in [2.75, 3.05) is 11.9 Å². The van der Waals surface area contributed by atoms with Crippen molar-refractivity contribution < 1.29 is 14.7 Å². The van der Waals surface area contributed by atoms with Crippen molar-refractivity contribution in [1.29, 1.82) is 0 Å². The van der Waals surface area contributed by atoms with E-state index < -0.39 is 6.09 Å². The van der Waals surface area contributed by atoms with Crippen LogP contribution >= 0.6 is 11.6 Å². The summed E-state index contributed by atoms with van der Waals surface area (Å²) in [6.45, 7) is 6.64. The van der Waals surface area contributed by atoms with Gasteiger partial charge in [-0.1, -0.05) is 44.0 Å². The maximum absolute atomic E-state index is 12.4. The molecule has 0 spiro atoms. The van der Waals surface area contributed by atoms with Crippen LogP contribution in [0.5, 0.6) is 0 Å². The smallest absolute Gasteiger partial charge is 0.407 e. The summed E-state index contributed by atoms with van der Waals surface area (Å²) in [5, 5.41) is 12.9. The zero-order chi connectivity index (χ0) is 21.9. The van der Waals surface area contributed by atoms with Crippen molar-refractivity contribution in [2.45, 2.75) is 39.7 Å². The molecule has 6 nitrogen and oxygen atoms in total. The van der Waals surface area contributed by atoms with Gasteiger partial charge in [0.25, 0.3) is 5.91 Å². The molecule has 1 fully saturated rings. The Morgan fingerprint density at radius 2 is 1.90 bits per heavy atom. The van der Waals surface area contributed by atoms with E-state index in [9.17, 15) is 14.7 Å². The maximum Gasteiger partial charge on any atom is 0.407 e. The number of hydrogen-bond donors (Lipinski definition) is 2. The average molecular weight is 428 g/mol. The summed E-state index contributed by atoms with van der Waals surface area (Å²) < 4.78 is 0. The molecule has 2 amide bonds. The molecule has 1 aromatic heterocycles. The molecule has 30 heavy (non-hydrogen) atoms. The number of carboxylic acid groups (broad SMARTS) is 1. The molecular formula is C23H26ClN3O3. The lowest BCUT2D eigenvalue weighted by molar-refractivity contribution is 0.0724. The van der Waals surface area contributed by atoms with E-state index in [2.05, 4.69) is 31.1 Å². The normalized spacial score (nSPS) is 18.3. The Bertz CT molecular complexity index is 964. The summed E-state index contributed by atoms with van der Waals surface area (Å²) in [5.41, 5.74) is 2.22. The van der Waals surface area contributed by atoms with Crippen LogP contribution in [-0.4, -0.2) is 39.6 Å². The molecule has 1 aliphatic rings. The van der Waals surface area contributed by atoms with E-state index in [4.69, 9.17) is 11.6 Å². The van der Waals surface area contributed by atoms with Crippen molar-refractivity contribution in [3.05, 3.63) is 64.3 Å².